The molecule has 2 aromatic heterocycles. The van der Waals surface area contributed by atoms with E-state index in [9.17, 15) is 4.79 Å². The number of thiophene rings is 1. The van der Waals surface area contributed by atoms with E-state index in [0.717, 1.165) is 37.6 Å². The Hall–Kier alpha value is -2.70. The van der Waals surface area contributed by atoms with Gasteiger partial charge in [-0.15, -0.1) is 11.3 Å². The number of aromatic nitrogens is 2. The molecule has 2 aromatic carbocycles. The van der Waals surface area contributed by atoms with Crippen molar-refractivity contribution >= 4 is 44.9 Å². The summed E-state index contributed by atoms with van der Waals surface area (Å²) in [6.07, 6.45) is 1.56. The lowest BCUT2D eigenvalue weighted by atomic mass is 10.1. The number of amides is 1. The zero-order chi connectivity index (χ0) is 19.5. The molecule has 4 aromatic rings. The van der Waals surface area contributed by atoms with Gasteiger partial charge in [-0.2, -0.15) is 0 Å². The highest BCUT2D eigenvalue weighted by Crippen LogP contribution is 2.39. The fourth-order valence-corrected chi connectivity index (χ4v) is 5.01. The number of anilines is 1. The molecular formula is C22H19N3OS2. The van der Waals surface area contributed by atoms with Crippen LogP contribution < -0.4 is 5.32 Å². The topological polar surface area (TPSA) is 54.9 Å². The maximum Gasteiger partial charge on any atom is 0.242 e. The van der Waals surface area contributed by atoms with Crippen molar-refractivity contribution in [3.05, 3.63) is 83.0 Å². The Morgan fingerprint density at radius 1 is 1.04 bits per heavy atom. The van der Waals surface area contributed by atoms with Crippen molar-refractivity contribution in [3.63, 3.8) is 0 Å². The van der Waals surface area contributed by atoms with Gasteiger partial charge >= 0.3 is 0 Å². The number of benzene rings is 2. The summed E-state index contributed by atoms with van der Waals surface area (Å²) in [6, 6.07) is 17.9. The van der Waals surface area contributed by atoms with Crippen molar-refractivity contribution in [2.45, 2.75) is 24.1 Å². The van der Waals surface area contributed by atoms with E-state index >= 15 is 0 Å². The molecule has 0 aliphatic heterocycles. The minimum Gasteiger partial charge on any atom is -0.325 e. The molecule has 1 atom stereocenters. The largest absolute Gasteiger partial charge is 0.325 e. The van der Waals surface area contributed by atoms with E-state index in [1.807, 2.05) is 67.8 Å². The third-order valence-electron chi connectivity index (χ3n) is 4.28. The quantitative estimate of drug-likeness (QED) is 0.338. The molecule has 0 fully saturated rings. The number of rotatable bonds is 5. The Bertz CT molecular complexity index is 1100. The van der Waals surface area contributed by atoms with Gasteiger partial charge in [-0.3, -0.25) is 4.79 Å². The van der Waals surface area contributed by atoms with E-state index in [1.54, 1.807) is 17.7 Å². The molecule has 2 heterocycles. The minimum atomic E-state index is -0.417. The van der Waals surface area contributed by atoms with E-state index < -0.39 is 5.25 Å². The molecule has 140 valence electrons. The van der Waals surface area contributed by atoms with Gasteiger partial charge in [0.15, 0.2) is 0 Å². The summed E-state index contributed by atoms with van der Waals surface area (Å²) in [4.78, 5) is 22.9. The zero-order valence-corrected chi connectivity index (χ0v) is 17.2. The second-order valence-corrected chi connectivity index (χ2v) is 8.58. The van der Waals surface area contributed by atoms with Crippen molar-refractivity contribution in [1.82, 2.24) is 9.97 Å². The highest BCUT2D eigenvalue weighted by atomic mass is 32.2. The molecule has 6 heteroatoms. The number of carbonyl (C=O) groups is 1. The molecule has 0 saturated heterocycles. The number of carbonyl (C=O) groups excluding carboxylic acids is 1. The SMILES string of the molecule is Cc1cc(C)cc(NC(=O)[C@H](Sc2ncnc3sccc23)c2ccccc2)c1. The average Bonchev–Trinajstić information content (AvgIpc) is 3.15. The molecule has 0 spiro atoms. The molecule has 0 aliphatic carbocycles. The summed E-state index contributed by atoms with van der Waals surface area (Å²) in [5, 5.41) is 6.46. The van der Waals surface area contributed by atoms with E-state index in [-0.39, 0.29) is 5.91 Å². The van der Waals surface area contributed by atoms with Crippen LogP contribution in [0.4, 0.5) is 5.69 Å². The number of nitrogens with one attached hydrogen (secondary N) is 1. The Balaban J connectivity index is 1.67. The molecule has 1 N–H and O–H groups in total. The monoisotopic (exact) mass is 405 g/mol. The standard InChI is InChI=1S/C22H19N3OS2/c1-14-10-15(2)12-17(11-14)25-20(26)19(16-6-4-3-5-7-16)28-22-18-8-9-27-21(18)23-13-24-22/h3-13,19H,1-2H3,(H,25,26)/t19-/m1/s1. The number of aryl methyl sites for hydroxylation is 2. The third kappa shape index (κ3) is 4.08. The summed E-state index contributed by atoms with van der Waals surface area (Å²) in [6.45, 7) is 4.06. The van der Waals surface area contributed by atoms with Gasteiger partial charge in [0.05, 0.1) is 0 Å². The van der Waals surface area contributed by atoms with Crippen LogP contribution in [0.25, 0.3) is 10.2 Å². The molecule has 28 heavy (non-hydrogen) atoms. The van der Waals surface area contributed by atoms with Crippen LogP contribution in [0, 0.1) is 13.8 Å². The van der Waals surface area contributed by atoms with Crippen LogP contribution in [0.15, 0.2) is 71.3 Å². The lowest BCUT2D eigenvalue weighted by Gasteiger charge is -2.17. The highest BCUT2D eigenvalue weighted by Gasteiger charge is 2.24. The molecule has 0 radical (unpaired) electrons. The second-order valence-electron chi connectivity index (χ2n) is 6.59. The highest BCUT2D eigenvalue weighted by molar-refractivity contribution is 8.00. The first-order chi connectivity index (χ1) is 13.6. The smallest absolute Gasteiger partial charge is 0.242 e. The zero-order valence-electron chi connectivity index (χ0n) is 15.5. The molecule has 1 amide bonds. The van der Waals surface area contributed by atoms with Crippen LogP contribution in [-0.4, -0.2) is 15.9 Å². The number of thioether (sulfide) groups is 1. The molecule has 4 nitrogen and oxygen atoms in total. The average molecular weight is 406 g/mol. The minimum absolute atomic E-state index is 0.0665. The first-order valence-electron chi connectivity index (χ1n) is 8.89. The molecule has 4 rings (SSSR count). The van der Waals surface area contributed by atoms with Gasteiger partial charge in [0.2, 0.25) is 5.91 Å². The van der Waals surface area contributed by atoms with Gasteiger partial charge in [0.25, 0.3) is 0 Å². The van der Waals surface area contributed by atoms with Crippen molar-refractivity contribution < 1.29 is 4.79 Å². The normalized spacial score (nSPS) is 12.1. The first kappa shape index (κ1) is 18.7. The molecule has 0 saturated carbocycles. The predicted molar refractivity (Wildman–Crippen MR) is 117 cm³/mol. The molecule has 0 aliphatic rings. The van der Waals surface area contributed by atoms with Crippen LogP contribution in [-0.2, 0) is 4.79 Å². The summed E-state index contributed by atoms with van der Waals surface area (Å²) in [5.74, 6) is -0.0665. The van der Waals surface area contributed by atoms with E-state index in [2.05, 4.69) is 21.4 Å². The van der Waals surface area contributed by atoms with E-state index in [4.69, 9.17) is 0 Å². The number of hydrogen-bond acceptors (Lipinski definition) is 5. The lowest BCUT2D eigenvalue weighted by molar-refractivity contribution is -0.115. The van der Waals surface area contributed by atoms with Gasteiger partial charge in [0.1, 0.15) is 21.4 Å². The summed E-state index contributed by atoms with van der Waals surface area (Å²) >= 11 is 3.03. The van der Waals surface area contributed by atoms with E-state index in [0.29, 0.717) is 0 Å². The van der Waals surface area contributed by atoms with E-state index in [1.165, 1.54) is 11.8 Å². The molecule has 0 unspecified atom stereocenters. The fourth-order valence-electron chi connectivity index (χ4n) is 3.13. The van der Waals surface area contributed by atoms with Gasteiger partial charge in [0, 0.05) is 11.1 Å². The summed E-state index contributed by atoms with van der Waals surface area (Å²) in [7, 11) is 0. The van der Waals surface area contributed by atoms with Gasteiger partial charge < -0.3 is 5.32 Å². The maximum atomic E-state index is 13.2. The number of fused-ring (bicyclic) bond motifs is 1. The van der Waals surface area contributed by atoms with Crippen LogP contribution in [0.3, 0.4) is 0 Å². The van der Waals surface area contributed by atoms with Gasteiger partial charge in [-0.1, -0.05) is 48.2 Å². The third-order valence-corrected chi connectivity index (χ3v) is 6.38. The van der Waals surface area contributed by atoms with Crippen LogP contribution in [0.1, 0.15) is 21.9 Å². The Morgan fingerprint density at radius 3 is 2.54 bits per heavy atom. The lowest BCUT2D eigenvalue weighted by Crippen LogP contribution is -2.19. The van der Waals surface area contributed by atoms with Crippen LogP contribution >= 0.6 is 23.1 Å². The Morgan fingerprint density at radius 2 is 1.79 bits per heavy atom. The number of nitrogens with zero attached hydrogens (tertiary/aromatic N) is 2. The second kappa shape index (κ2) is 8.12. The van der Waals surface area contributed by atoms with Crippen molar-refractivity contribution in [2.75, 3.05) is 5.32 Å². The fraction of sp³-hybridized carbons (Fsp3) is 0.136. The summed E-state index contributed by atoms with van der Waals surface area (Å²) < 4.78 is 0. The maximum absolute atomic E-state index is 13.2. The Labute approximate surface area is 172 Å². The first-order valence-corrected chi connectivity index (χ1v) is 10.6. The Kier molecular flexibility index (Phi) is 5.41. The van der Waals surface area contributed by atoms with Crippen LogP contribution in [0.5, 0.6) is 0 Å². The predicted octanol–water partition coefficient (Wildman–Crippen LogP) is 5.78. The van der Waals surface area contributed by atoms with Crippen LogP contribution in [0.2, 0.25) is 0 Å². The van der Waals surface area contributed by atoms with Gasteiger partial charge in [-0.05, 0) is 54.1 Å². The summed E-state index contributed by atoms with van der Waals surface area (Å²) in [5.41, 5.74) is 3.99. The molecular weight excluding hydrogens is 386 g/mol. The van der Waals surface area contributed by atoms with Crippen molar-refractivity contribution in [3.8, 4) is 0 Å². The van der Waals surface area contributed by atoms with Gasteiger partial charge in [-0.25, -0.2) is 9.97 Å². The van der Waals surface area contributed by atoms with Crippen molar-refractivity contribution in [2.24, 2.45) is 0 Å². The van der Waals surface area contributed by atoms with Crippen molar-refractivity contribution in [1.29, 1.82) is 0 Å². The molecule has 0 bridgehead atoms. The number of hydrogen-bond donors (Lipinski definition) is 1.